The van der Waals surface area contributed by atoms with Crippen LogP contribution in [0.25, 0.3) is 0 Å². The number of benzene rings is 1. The van der Waals surface area contributed by atoms with Gasteiger partial charge < -0.3 is 4.74 Å². The van der Waals surface area contributed by atoms with Crippen molar-refractivity contribution in [3.8, 4) is 5.75 Å². The molecule has 2 rings (SSSR count). The molecule has 20 heavy (non-hydrogen) atoms. The molecule has 3 nitrogen and oxygen atoms in total. The van der Waals surface area contributed by atoms with Gasteiger partial charge in [0.25, 0.3) is 0 Å². The van der Waals surface area contributed by atoms with Crippen LogP contribution in [0.4, 0.5) is 0 Å². The minimum absolute atomic E-state index is 0.0252. The summed E-state index contributed by atoms with van der Waals surface area (Å²) in [5, 5.41) is 0. The SMILES string of the molecule is CCCOc1ccc(C(NN)c2cc(Br)c(Br)s2)cc1. The Morgan fingerprint density at radius 3 is 2.50 bits per heavy atom. The quantitative estimate of drug-likeness (QED) is 0.530. The van der Waals surface area contributed by atoms with Crippen LogP contribution in [0.15, 0.2) is 38.6 Å². The van der Waals surface area contributed by atoms with Gasteiger partial charge in [0, 0.05) is 9.35 Å². The van der Waals surface area contributed by atoms with Gasteiger partial charge in [-0.1, -0.05) is 19.1 Å². The van der Waals surface area contributed by atoms with Crippen molar-refractivity contribution in [2.24, 2.45) is 5.84 Å². The van der Waals surface area contributed by atoms with Crippen LogP contribution in [0.2, 0.25) is 0 Å². The highest BCUT2D eigenvalue weighted by Crippen LogP contribution is 2.37. The first-order valence-corrected chi connectivity index (χ1v) is 8.69. The first-order chi connectivity index (χ1) is 9.65. The molecule has 0 radical (unpaired) electrons. The summed E-state index contributed by atoms with van der Waals surface area (Å²) in [7, 11) is 0. The number of hydrogen-bond donors (Lipinski definition) is 2. The van der Waals surface area contributed by atoms with Gasteiger partial charge in [0.2, 0.25) is 0 Å². The molecular weight excluding hydrogens is 404 g/mol. The summed E-state index contributed by atoms with van der Waals surface area (Å²) in [4.78, 5) is 1.15. The van der Waals surface area contributed by atoms with Crippen molar-refractivity contribution in [3.05, 3.63) is 49.0 Å². The second-order valence-electron chi connectivity index (χ2n) is 4.29. The number of thiophene rings is 1. The zero-order valence-electron chi connectivity index (χ0n) is 11.0. The molecule has 0 amide bonds. The van der Waals surface area contributed by atoms with Crippen molar-refractivity contribution < 1.29 is 4.74 Å². The molecule has 0 saturated heterocycles. The largest absolute Gasteiger partial charge is 0.494 e. The van der Waals surface area contributed by atoms with E-state index in [1.807, 2.05) is 24.3 Å². The van der Waals surface area contributed by atoms with Crippen LogP contribution in [0, 0.1) is 0 Å². The molecule has 1 aromatic heterocycles. The number of hydrazine groups is 1. The second kappa shape index (κ2) is 7.56. The molecule has 0 saturated carbocycles. The Balaban J connectivity index is 2.19. The van der Waals surface area contributed by atoms with Gasteiger partial charge in [-0.15, -0.1) is 11.3 Å². The zero-order valence-corrected chi connectivity index (χ0v) is 15.0. The molecule has 1 heterocycles. The minimum atomic E-state index is -0.0252. The van der Waals surface area contributed by atoms with Crippen LogP contribution in [0.5, 0.6) is 5.75 Å². The zero-order chi connectivity index (χ0) is 14.5. The van der Waals surface area contributed by atoms with Crippen molar-refractivity contribution in [2.75, 3.05) is 6.61 Å². The number of halogens is 2. The monoisotopic (exact) mass is 418 g/mol. The van der Waals surface area contributed by atoms with Crippen LogP contribution < -0.4 is 16.0 Å². The second-order valence-corrected chi connectivity index (χ2v) is 7.54. The Morgan fingerprint density at radius 2 is 2.00 bits per heavy atom. The van der Waals surface area contributed by atoms with Crippen molar-refractivity contribution in [1.29, 1.82) is 0 Å². The molecule has 0 aliphatic carbocycles. The predicted octanol–water partition coefficient (Wildman–Crippen LogP) is 4.61. The van der Waals surface area contributed by atoms with Crippen molar-refractivity contribution in [3.63, 3.8) is 0 Å². The van der Waals surface area contributed by atoms with Crippen molar-refractivity contribution in [1.82, 2.24) is 5.43 Å². The molecular formula is C14H16Br2N2OS. The molecule has 1 unspecified atom stereocenters. The molecule has 0 aliphatic heterocycles. The standard InChI is InChI=1S/C14H16Br2N2OS/c1-2-7-19-10-5-3-9(4-6-10)13(18-17)12-8-11(15)14(16)20-12/h3-6,8,13,18H,2,7,17H2,1H3. The Labute approximate surface area is 139 Å². The summed E-state index contributed by atoms with van der Waals surface area (Å²) in [5.74, 6) is 6.60. The summed E-state index contributed by atoms with van der Waals surface area (Å²) < 4.78 is 7.70. The number of rotatable bonds is 6. The highest BCUT2D eigenvalue weighted by Gasteiger charge is 2.16. The molecule has 2 aromatic rings. The van der Waals surface area contributed by atoms with E-state index in [1.165, 1.54) is 0 Å². The highest BCUT2D eigenvalue weighted by atomic mass is 79.9. The maximum Gasteiger partial charge on any atom is 0.119 e. The van der Waals surface area contributed by atoms with Crippen molar-refractivity contribution in [2.45, 2.75) is 19.4 Å². The lowest BCUT2D eigenvalue weighted by Crippen LogP contribution is -2.28. The lowest BCUT2D eigenvalue weighted by atomic mass is 10.1. The third-order valence-electron chi connectivity index (χ3n) is 2.80. The molecule has 6 heteroatoms. The van der Waals surface area contributed by atoms with E-state index < -0.39 is 0 Å². The van der Waals surface area contributed by atoms with E-state index in [-0.39, 0.29) is 6.04 Å². The average Bonchev–Trinajstić information content (AvgIpc) is 2.78. The molecule has 0 fully saturated rings. The topological polar surface area (TPSA) is 47.3 Å². The molecule has 108 valence electrons. The van der Waals surface area contributed by atoms with Gasteiger partial charge >= 0.3 is 0 Å². The lowest BCUT2D eigenvalue weighted by molar-refractivity contribution is 0.317. The van der Waals surface area contributed by atoms with E-state index in [0.29, 0.717) is 0 Å². The van der Waals surface area contributed by atoms with Gasteiger partial charge in [-0.2, -0.15) is 0 Å². The van der Waals surface area contributed by atoms with E-state index in [4.69, 9.17) is 10.6 Å². The maximum atomic E-state index is 5.71. The van der Waals surface area contributed by atoms with Crippen LogP contribution in [0.1, 0.15) is 29.8 Å². The summed E-state index contributed by atoms with van der Waals surface area (Å²) in [6.07, 6.45) is 1.01. The summed E-state index contributed by atoms with van der Waals surface area (Å²) in [6, 6.07) is 10.1. The van der Waals surface area contributed by atoms with E-state index in [1.54, 1.807) is 11.3 Å². The fourth-order valence-corrected chi connectivity index (χ4v) is 4.00. The molecule has 3 N–H and O–H groups in total. The molecule has 0 aliphatic rings. The number of hydrogen-bond acceptors (Lipinski definition) is 4. The van der Waals surface area contributed by atoms with Gasteiger partial charge in [0.1, 0.15) is 5.75 Å². The summed E-state index contributed by atoms with van der Waals surface area (Å²) >= 11 is 8.67. The summed E-state index contributed by atoms with van der Waals surface area (Å²) in [6.45, 7) is 2.83. The number of nitrogens with two attached hydrogens (primary N) is 1. The fraction of sp³-hybridized carbons (Fsp3) is 0.286. The first kappa shape index (κ1) is 16.0. The Morgan fingerprint density at radius 1 is 1.30 bits per heavy atom. The normalized spacial score (nSPS) is 12.4. The smallest absolute Gasteiger partial charge is 0.119 e. The van der Waals surface area contributed by atoms with E-state index in [9.17, 15) is 0 Å². The van der Waals surface area contributed by atoms with E-state index in [0.717, 1.165) is 37.5 Å². The summed E-state index contributed by atoms with van der Waals surface area (Å²) in [5.41, 5.74) is 3.97. The van der Waals surface area contributed by atoms with Crippen molar-refractivity contribution >= 4 is 43.2 Å². The molecule has 1 aromatic carbocycles. The van der Waals surface area contributed by atoms with Crippen LogP contribution in [-0.2, 0) is 0 Å². The first-order valence-electron chi connectivity index (χ1n) is 6.29. The fourth-order valence-electron chi connectivity index (χ4n) is 1.82. The molecule has 1 atom stereocenters. The average molecular weight is 420 g/mol. The maximum absolute atomic E-state index is 5.71. The van der Waals surface area contributed by atoms with E-state index >= 15 is 0 Å². The third-order valence-corrected chi connectivity index (χ3v) is 6.12. The molecule has 0 spiro atoms. The number of nitrogens with one attached hydrogen (secondary N) is 1. The van der Waals surface area contributed by atoms with Gasteiger partial charge in [0.05, 0.1) is 16.4 Å². The van der Waals surface area contributed by atoms with Crippen LogP contribution in [-0.4, -0.2) is 6.61 Å². The highest BCUT2D eigenvalue weighted by molar-refractivity contribution is 9.13. The Bertz CT molecular complexity index is 537. The molecule has 0 bridgehead atoms. The van der Waals surface area contributed by atoms with Crippen LogP contribution in [0.3, 0.4) is 0 Å². The minimum Gasteiger partial charge on any atom is -0.494 e. The van der Waals surface area contributed by atoms with Gasteiger partial charge in [-0.3, -0.25) is 5.84 Å². The lowest BCUT2D eigenvalue weighted by Gasteiger charge is -2.15. The van der Waals surface area contributed by atoms with Gasteiger partial charge in [-0.05, 0) is 62.0 Å². The van der Waals surface area contributed by atoms with E-state index in [2.05, 4.69) is 50.3 Å². The van der Waals surface area contributed by atoms with Crippen LogP contribution >= 0.6 is 43.2 Å². The van der Waals surface area contributed by atoms with Gasteiger partial charge in [0.15, 0.2) is 0 Å². The predicted molar refractivity (Wildman–Crippen MR) is 91.1 cm³/mol. The number of ether oxygens (including phenoxy) is 1. The van der Waals surface area contributed by atoms with Gasteiger partial charge in [-0.25, -0.2) is 5.43 Å². The Kier molecular flexibility index (Phi) is 6.04. The third kappa shape index (κ3) is 3.83. The Hall–Kier alpha value is -0.400.